The van der Waals surface area contributed by atoms with E-state index in [4.69, 9.17) is 11.6 Å². The molecule has 0 radical (unpaired) electrons. The Labute approximate surface area is 81.7 Å². The van der Waals surface area contributed by atoms with Crippen LogP contribution in [0.1, 0.15) is 52.4 Å². The molecule has 0 saturated heterocycles. The normalized spacial score (nSPS) is 20.0. The van der Waals surface area contributed by atoms with Crippen LogP contribution in [0.5, 0.6) is 0 Å². The Morgan fingerprint density at radius 3 is 2.25 bits per heavy atom. The van der Waals surface area contributed by atoms with Crippen molar-refractivity contribution in [1.29, 1.82) is 0 Å². The third-order valence-electron chi connectivity index (χ3n) is 2.64. The monoisotopic (exact) mass is 188 g/mol. The number of halogens is 1. The molecule has 12 heavy (non-hydrogen) atoms. The number of hydrogen-bond donors (Lipinski definition) is 0. The second kappa shape index (κ2) is 5.11. The maximum Gasteiger partial charge on any atom is 0.0364 e. The first-order valence-corrected chi connectivity index (χ1v) is 5.78. The van der Waals surface area contributed by atoms with E-state index in [2.05, 4.69) is 13.8 Å². The van der Waals surface area contributed by atoms with Gasteiger partial charge in [-0.2, -0.15) is 0 Å². The van der Waals surface area contributed by atoms with E-state index in [1.54, 1.807) is 0 Å². The van der Waals surface area contributed by atoms with Crippen molar-refractivity contribution >= 4 is 11.6 Å². The average Bonchev–Trinajstić information content (AvgIpc) is 2.79. The fourth-order valence-electron chi connectivity index (χ4n) is 1.59. The van der Waals surface area contributed by atoms with Crippen molar-refractivity contribution in [2.24, 2.45) is 11.8 Å². The molecule has 1 aliphatic carbocycles. The Bertz CT molecular complexity index is 116. The predicted octanol–water partition coefficient (Wildman–Crippen LogP) is 4.22. The van der Waals surface area contributed by atoms with Crippen LogP contribution in [-0.4, -0.2) is 5.38 Å². The molecule has 1 unspecified atom stereocenters. The first-order chi connectivity index (χ1) is 5.70. The molecule has 0 spiro atoms. The van der Waals surface area contributed by atoms with Crippen LogP contribution >= 0.6 is 11.6 Å². The van der Waals surface area contributed by atoms with Gasteiger partial charge in [-0.05, 0) is 31.1 Å². The van der Waals surface area contributed by atoms with Crippen LogP contribution in [0.3, 0.4) is 0 Å². The fraction of sp³-hybridized carbons (Fsp3) is 1.00. The lowest BCUT2D eigenvalue weighted by molar-refractivity contribution is 0.514. The Balaban J connectivity index is 1.87. The molecule has 0 aromatic heterocycles. The summed E-state index contributed by atoms with van der Waals surface area (Å²) in [6.45, 7) is 4.58. The van der Waals surface area contributed by atoms with Gasteiger partial charge in [0.2, 0.25) is 0 Å². The van der Waals surface area contributed by atoms with Crippen LogP contribution in [-0.2, 0) is 0 Å². The smallest absolute Gasteiger partial charge is 0.0364 e. The number of hydrogen-bond acceptors (Lipinski definition) is 0. The number of rotatable bonds is 6. The molecule has 0 aliphatic heterocycles. The standard InChI is InChI=1S/C11H21Cl/c1-9(2)5-3-4-6-11(12)10-7-8-10/h9-11H,3-8H2,1-2H3. The van der Waals surface area contributed by atoms with Gasteiger partial charge in [-0.1, -0.05) is 33.1 Å². The highest BCUT2D eigenvalue weighted by Gasteiger charge is 2.28. The summed E-state index contributed by atoms with van der Waals surface area (Å²) in [5.74, 6) is 1.74. The average molecular weight is 189 g/mol. The Kier molecular flexibility index (Phi) is 4.42. The predicted molar refractivity (Wildman–Crippen MR) is 55.7 cm³/mol. The molecular formula is C11H21Cl. The van der Waals surface area contributed by atoms with E-state index in [0.29, 0.717) is 5.38 Å². The molecule has 0 amide bonds. The second-order valence-electron chi connectivity index (χ2n) is 4.53. The highest BCUT2D eigenvalue weighted by Crippen LogP contribution is 2.37. The highest BCUT2D eigenvalue weighted by atomic mass is 35.5. The Hall–Kier alpha value is 0.290. The van der Waals surface area contributed by atoms with Crippen LogP contribution in [0.15, 0.2) is 0 Å². The maximum atomic E-state index is 6.19. The van der Waals surface area contributed by atoms with Gasteiger partial charge >= 0.3 is 0 Å². The maximum absolute atomic E-state index is 6.19. The molecule has 0 N–H and O–H groups in total. The third kappa shape index (κ3) is 4.35. The van der Waals surface area contributed by atoms with Crippen molar-refractivity contribution in [3.8, 4) is 0 Å². The molecule has 1 atom stereocenters. The zero-order valence-corrected chi connectivity index (χ0v) is 9.11. The molecule has 0 nitrogen and oxygen atoms in total. The summed E-state index contributed by atoms with van der Waals surface area (Å²) in [5, 5.41) is 0.497. The van der Waals surface area contributed by atoms with Crippen LogP contribution in [0.25, 0.3) is 0 Å². The van der Waals surface area contributed by atoms with Gasteiger partial charge in [-0.25, -0.2) is 0 Å². The lowest BCUT2D eigenvalue weighted by Crippen LogP contribution is -2.00. The molecule has 0 heterocycles. The van der Waals surface area contributed by atoms with E-state index < -0.39 is 0 Å². The summed E-state index contributed by atoms with van der Waals surface area (Å²) in [6.07, 6.45) is 8.10. The van der Waals surface area contributed by atoms with E-state index in [1.807, 2.05) is 0 Å². The summed E-state index contributed by atoms with van der Waals surface area (Å²) in [6, 6.07) is 0. The van der Waals surface area contributed by atoms with E-state index in [0.717, 1.165) is 11.8 Å². The Morgan fingerprint density at radius 1 is 1.17 bits per heavy atom. The quantitative estimate of drug-likeness (QED) is 0.433. The molecule has 1 saturated carbocycles. The first-order valence-electron chi connectivity index (χ1n) is 5.34. The van der Waals surface area contributed by atoms with Gasteiger partial charge in [0, 0.05) is 5.38 Å². The molecule has 0 aromatic carbocycles. The first kappa shape index (κ1) is 10.4. The largest absolute Gasteiger partial charge is 0.123 e. The molecule has 1 fully saturated rings. The van der Waals surface area contributed by atoms with E-state index in [9.17, 15) is 0 Å². The third-order valence-corrected chi connectivity index (χ3v) is 3.22. The van der Waals surface area contributed by atoms with Gasteiger partial charge in [-0.3, -0.25) is 0 Å². The zero-order chi connectivity index (χ0) is 8.97. The molecule has 1 heteroatoms. The summed E-state index contributed by atoms with van der Waals surface area (Å²) in [7, 11) is 0. The molecule has 1 aliphatic rings. The topological polar surface area (TPSA) is 0 Å². The number of alkyl halides is 1. The summed E-state index contributed by atoms with van der Waals surface area (Å²) >= 11 is 6.19. The lowest BCUT2D eigenvalue weighted by atomic mass is 10.0. The van der Waals surface area contributed by atoms with Crippen molar-refractivity contribution in [1.82, 2.24) is 0 Å². The zero-order valence-electron chi connectivity index (χ0n) is 8.35. The molecule has 72 valence electrons. The molecule has 0 aromatic rings. The lowest BCUT2D eigenvalue weighted by Gasteiger charge is -2.08. The fourth-order valence-corrected chi connectivity index (χ4v) is 1.99. The minimum Gasteiger partial charge on any atom is -0.123 e. The SMILES string of the molecule is CC(C)CCCCC(Cl)C1CC1. The van der Waals surface area contributed by atoms with Crippen molar-refractivity contribution in [2.75, 3.05) is 0 Å². The van der Waals surface area contributed by atoms with Gasteiger partial charge in [0.15, 0.2) is 0 Å². The molecular weight excluding hydrogens is 168 g/mol. The van der Waals surface area contributed by atoms with E-state index in [1.165, 1.54) is 38.5 Å². The highest BCUT2D eigenvalue weighted by molar-refractivity contribution is 6.20. The summed E-state index contributed by atoms with van der Waals surface area (Å²) in [5.41, 5.74) is 0. The minimum atomic E-state index is 0.497. The van der Waals surface area contributed by atoms with Gasteiger partial charge in [-0.15, -0.1) is 11.6 Å². The van der Waals surface area contributed by atoms with Crippen molar-refractivity contribution in [3.63, 3.8) is 0 Å². The van der Waals surface area contributed by atoms with Crippen LogP contribution in [0, 0.1) is 11.8 Å². The van der Waals surface area contributed by atoms with Crippen LogP contribution < -0.4 is 0 Å². The minimum absolute atomic E-state index is 0.497. The van der Waals surface area contributed by atoms with Gasteiger partial charge < -0.3 is 0 Å². The van der Waals surface area contributed by atoms with Crippen molar-refractivity contribution in [2.45, 2.75) is 57.7 Å². The summed E-state index contributed by atoms with van der Waals surface area (Å²) in [4.78, 5) is 0. The van der Waals surface area contributed by atoms with Crippen LogP contribution in [0.2, 0.25) is 0 Å². The van der Waals surface area contributed by atoms with E-state index >= 15 is 0 Å². The molecule has 0 bridgehead atoms. The van der Waals surface area contributed by atoms with Gasteiger partial charge in [0.25, 0.3) is 0 Å². The van der Waals surface area contributed by atoms with Crippen molar-refractivity contribution in [3.05, 3.63) is 0 Å². The molecule has 1 rings (SSSR count). The van der Waals surface area contributed by atoms with Gasteiger partial charge in [0.05, 0.1) is 0 Å². The van der Waals surface area contributed by atoms with Crippen LogP contribution in [0.4, 0.5) is 0 Å². The second-order valence-corrected chi connectivity index (χ2v) is 5.09. The number of unbranched alkanes of at least 4 members (excludes halogenated alkanes) is 1. The van der Waals surface area contributed by atoms with Crippen molar-refractivity contribution < 1.29 is 0 Å². The van der Waals surface area contributed by atoms with E-state index in [-0.39, 0.29) is 0 Å². The summed E-state index contributed by atoms with van der Waals surface area (Å²) < 4.78 is 0. The Morgan fingerprint density at radius 2 is 1.75 bits per heavy atom. The van der Waals surface area contributed by atoms with Gasteiger partial charge in [0.1, 0.15) is 0 Å².